The molecule has 0 N–H and O–H groups in total. The number of likely N-dealkylation sites (tertiary alicyclic amines) is 1. The average Bonchev–Trinajstić information content (AvgIpc) is 2.77. The molecule has 162 valence electrons. The molecule has 4 rings (SSSR count). The summed E-state index contributed by atoms with van der Waals surface area (Å²) in [6.07, 6.45) is -2.80. The van der Waals surface area contributed by atoms with Gasteiger partial charge in [-0.1, -0.05) is 30.3 Å². The van der Waals surface area contributed by atoms with Crippen LogP contribution < -0.4 is 9.47 Å². The Morgan fingerprint density at radius 1 is 1.13 bits per heavy atom. The maximum Gasteiger partial charge on any atom is 0.433 e. The monoisotopic (exact) mass is 431 g/mol. The molecule has 1 fully saturated rings. The fourth-order valence-electron chi connectivity index (χ4n) is 3.46. The summed E-state index contributed by atoms with van der Waals surface area (Å²) < 4.78 is 49.6. The molecule has 6 nitrogen and oxygen atoms in total. The van der Waals surface area contributed by atoms with E-state index < -0.39 is 18.0 Å². The number of carbonyl (C=O) groups is 1. The SMILES string of the molecule is O=C(COc1ccc2ccccc2c1)N1CCCC(Oc2nccc(C(F)(F)F)n2)C1. The lowest BCUT2D eigenvalue weighted by Crippen LogP contribution is -2.46. The molecule has 3 aromatic rings. The Balaban J connectivity index is 1.34. The Kier molecular flexibility index (Phi) is 5.92. The van der Waals surface area contributed by atoms with Gasteiger partial charge in [0.1, 0.15) is 11.9 Å². The maximum atomic E-state index is 12.8. The topological polar surface area (TPSA) is 64.5 Å². The number of ether oxygens (including phenoxy) is 2. The number of alkyl halides is 3. The van der Waals surface area contributed by atoms with Gasteiger partial charge in [-0.2, -0.15) is 18.2 Å². The molecule has 0 radical (unpaired) electrons. The molecular formula is C22H20F3N3O3. The summed E-state index contributed by atoms with van der Waals surface area (Å²) in [7, 11) is 0. The van der Waals surface area contributed by atoms with E-state index in [2.05, 4.69) is 9.97 Å². The number of piperidine rings is 1. The molecule has 2 aromatic carbocycles. The number of aromatic nitrogens is 2. The van der Waals surface area contributed by atoms with Gasteiger partial charge in [0.05, 0.1) is 6.54 Å². The highest BCUT2D eigenvalue weighted by atomic mass is 19.4. The molecule has 9 heteroatoms. The lowest BCUT2D eigenvalue weighted by molar-refractivity contribution is -0.141. The van der Waals surface area contributed by atoms with Crippen LogP contribution in [0.4, 0.5) is 13.2 Å². The van der Waals surface area contributed by atoms with E-state index in [4.69, 9.17) is 9.47 Å². The second kappa shape index (κ2) is 8.79. The normalized spacial score (nSPS) is 16.9. The van der Waals surface area contributed by atoms with E-state index in [1.807, 2.05) is 42.5 Å². The van der Waals surface area contributed by atoms with Crippen molar-refractivity contribution in [1.82, 2.24) is 14.9 Å². The fourth-order valence-corrected chi connectivity index (χ4v) is 3.46. The van der Waals surface area contributed by atoms with Crippen LogP contribution in [0.3, 0.4) is 0 Å². The molecule has 1 aromatic heterocycles. The van der Waals surface area contributed by atoms with E-state index in [1.54, 1.807) is 4.90 Å². The minimum atomic E-state index is -4.57. The third-order valence-electron chi connectivity index (χ3n) is 5.01. The van der Waals surface area contributed by atoms with Gasteiger partial charge in [0, 0.05) is 12.7 Å². The zero-order valence-corrected chi connectivity index (χ0v) is 16.5. The minimum Gasteiger partial charge on any atom is -0.484 e. The first-order valence-corrected chi connectivity index (χ1v) is 9.85. The molecule has 31 heavy (non-hydrogen) atoms. The number of carbonyl (C=O) groups excluding carboxylic acids is 1. The van der Waals surface area contributed by atoms with Crippen LogP contribution in [0.2, 0.25) is 0 Å². The van der Waals surface area contributed by atoms with Crippen LogP contribution in [-0.2, 0) is 11.0 Å². The summed E-state index contributed by atoms with van der Waals surface area (Å²) in [4.78, 5) is 21.3. The third-order valence-corrected chi connectivity index (χ3v) is 5.01. The van der Waals surface area contributed by atoms with Gasteiger partial charge in [0.25, 0.3) is 5.91 Å². The summed E-state index contributed by atoms with van der Waals surface area (Å²) in [5, 5.41) is 2.09. The summed E-state index contributed by atoms with van der Waals surface area (Å²) in [6.45, 7) is 0.633. The second-order valence-electron chi connectivity index (χ2n) is 7.24. The van der Waals surface area contributed by atoms with Crippen molar-refractivity contribution in [3.05, 3.63) is 60.4 Å². The van der Waals surface area contributed by atoms with E-state index in [-0.39, 0.29) is 25.1 Å². The van der Waals surface area contributed by atoms with Crippen molar-refractivity contribution in [3.8, 4) is 11.8 Å². The van der Waals surface area contributed by atoms with Crippen molar-refractivity contribution in [1.29, 1.82) is 0 Å². The molecule has 1 amide bonds. The second-order valence-corrected chi connectivity index (χ2v) is 7.24. The molecule has 1 atom stereocenters. The van der Waals surface area contributed by atoms with Gasteiger partial charge >= 0.3 is 12.2 Å². The Hall–Kier alpha value is -3.36. The number of halogens is 3. The van der Waals surface area contributed by atoms with Crippen LogP contribution in [-0.4, -0.2) is 46.6 Å². The Morgan fingerprint density at radius 3 is 2.74 bits per heavy atom. The first kappa shape index (κ1) is 20.9. The number of fused-ring (bicyclic) bond motifs is 1. The fraction of sp³-hybridized carbons (Fsp3) is 0.318. The summed E-state index contributed by atoms with van der Waals surface area (Å²) in [5.41, 5.74) is -1.06. The Bertz CT molecular complexity index is 1070. The molecule has 1 unspecified atom stereocenters. The molecular weight excluding hydrogens is 411 g/mol. The number of benzene rings is 2. The average molecular weight is 431 g/mol. The van der Waals surface area contributed by atoms with E-state index in [0.29, 0.717) is 25.1 Å². The lowest BCUT2D eigenvalue weighted by atomic mass is 10.1. The molecule has 0 spiro atoms. The van der Waals surface area contributed by atoms with E-state index >= 15 is 0 Å². The maximum absolute atomic E-state index is 12.8. The highest BCUT2D eigenvalue weighted by Gasteiger charge is 2.33. The van der Waals surface area contributed by atoms with Crippen LogP contribution in [0, 0.1) is 0 Å². The van der Waals surface area contributed by atoms with Crippen molar-refractivity contribution in [2.45, 2.75) is 25.1 Å². The van der Waals surface area contributed by atoms with Gasteiger partial charge in [0.15, 0.2) is 12.3 Å². The zero-order chi connectivity index (χ0) is 21.8. The molecule has 1 aliphatic heterocycles. The molecule has 0 bridgehead atoms. The first-order valence-electron chi connectivity index (χ1n) is 9.85. The van der Waals surface area contributed by atoms with Gasteiger partial charge in [-0.15, -0.1) is 0 Å². The predicted molar refractivity (Wildman–Crippen MR) is 107 cm³/mol. The van der Waals surface area contributed by atoms with Crippen molar-refractivity contribution < 1.29 is 27.4 Å². The van der Waals surface area contributed by atoms with Gasteiger partial charge < -0.3 is 14.4 Å². The molecule has 1 aliphatic rings. The molecule has 0 aliphatic carbocycles. The minimum absolute atomic E-state index is 0.134. The Labute approximate surface area is 176 Å². The first-order chi connectivity index (χ1) is 14.9. The van der Waals surface area contributed by atoms with Gasteiger partial charge in [-0.3, -0.25) is 4.79 Å². The summed E-state index contributed by atoms with van der Waals surface area (Å²) >= 11 is 0. The highest BCUT2D eigenvalue weighted by Crippen LogP contribution is 2.28. The summed E-state index contributed by atoms with van der Waals surface area (Å²) in [6, 6.07) is 13.9. The van der Waals surface area contributed by atoms with Gasteiger partial charge in [-0.25, -0.2) is 4.98 Å². The zero-order valence-electron chi connectivity index (χ0n) is 16.5. The number of hydrogen-bond acceptors (Lipinski definition) is 5. The van der Waals surface area contributed by atoms with Crippen molar-refractivity contribution >= 4 is 16.7 Å². The van der Waals surface area contributed by atoms with Crippen LogP contribution in [0.1, 0.15) is 18.5 Å². The quantitative estimate of drug-likeness (QED) is 0.609. The van der Waals surface area contributed by atoms with Gasteiger partial charge in [0.2, 0.25) is 0 Å². The van der Waals surface area contributed by atoms with E-state index in [0.717, 1.165) is 23.0 Å². The standard InChI is InChI=1S/C22H20F3N3O3/c23-22(24,25)19-9-10-26-21(27-19)31-18-6-3-11-28(13-18)20(29)14-30-17-8-7-15-4-1-2-5-16(15)12-17/h1-2,4-5,7-10,12,18H,3,6,11,13-14H2. The number of amides is 1. The molecule has 1 saturated heterocycles. The lowest BCUT2D eigenvalue weighted by Gasteiger charge is -2.32. The smallest absolute Gasteiger partial charge is 0.433 e. The predicted octanol–water partition coefficient (Wildman–Crippen LogP) is 4.10. The van der Waals surface area contributed by atoms with Crippen molar-refractivity contribution in [2.24, 2.45) is 0 Å². The van der Waals surface area contributed by atoms with E-state index in [1.165, 1.54) is 0 Å². The highest BCUT2D eigenvalue weighted by molar-refractivity contribution is 5.84. The molecule has 2 heterocycles. The van der Waals surface area contributed by atoms with Gasteiger partial charge in [-0.05, 0) is 41.8 Å². The van der Waals surface area contributed by atoms with Crippen molar-refractivity contribution in [3.63, 3.8) is 0 Å². The van der Waals surface area contributed by atoms with Crippen molar-refractivity contribution in [2.75, 3.05) is 19.7 Å². The van der Waals surface area contributed by atoms with Crippen LogP contribution >= 0.6 is 0 Å². The van der Waals surface area contributed by atoms with Crippen LogP contribution in [0.5, 0.6) is 11.8 Å². The van der Waals surface area contributed by atoms with E-state index in [9.17, 15) is 18.0 Å². The number of hydrogen-bond donors (Lipinski definition) is 0. The molecule has 0 saturated carbocycles. The number of nitrogens with zero attached hydrogens (tertiary/aromatic N) is 3. The van der Waals surface area contributed by atoms with Crippen LogP contribution in [0.25, 0.3) is 10.8 Å². The number of rotatable bonds is 5. The summed E-state index contributed by atoms with van der Waals surface area (Å²) in [5.74, 6) is 0.376. The third kappa shape index (κ3) is 5.22. The Morgan fingerprint density at radius 2 is 1.94 bits per heavy atom. The van der Waals surface area contributed by atoms with Crippen LogP contribution in [0.15, 0.2) is 54.7 Å². The largest absolute Gasteiger partial charge is 0.484 e.